The van der Waals surface area contributed by atoms with Crippen LogP contribution in [0.3, 0.4) is 0 Å². The van der Waals surface area contributed by atoms with Gasteiger partial charge in [-0.1, -0.05) is 6.08 Å². The molecule has 164 valence electrons. The van der Waals surface area contributed by atoms with Crippen molar-refractivity contribution in [2.45, 2.75) is 32.4 Å². The number of esters is 1. The molecule has 1 fully saturated rings. The first kappa shape index (κ1) is 21.6. The Kier molecular flexibility index (Phi) is 5.74. The van der Waals surface area contributed by atoms with E-state index in [1.54, 1.807) is 6.92 Å². The number of imidazole rings is 1. The fraction of sp³-hybridized carbons (Fsp3) is 0.529. The smallest absolute Gasteiger partial charge is 0.433 e. The predicted molar refractivity (Wildman–Crippen MR) is 101 cm³/mol. The van der Waals surface area contributed by atoms with Crippen LogP contribution in [-0.4, -0.2) is 56.7 Å². The van der Waals surface area contributed by atoms with Gasteiger partial charge in [0.05, 0.1) is 6.54 Å². The van der Waals surface area contributed by atoms with E-state index in [0.29, 0.717) is 6.54 Å². The third kappa shape index (κ3) is 3.60. The summed E-state index contributed by atoms with van der Waals surface area (Å²) in [7, 11) is 1.45. The van der Waals surface area contributed by atoms with E-state index in [4.69, 9.17) is 0 Å². The molecule has 1 aliphatic heterocycles. The van der Waals surface area contributed by atoms with Crippen LogP contribution in [0.4, 0.5) is 19.1 Å². The number of allylic oxidation sites excluding steroid dienone is 1. The molecule has 0 bridgehead atoms. The lowest BCUT2D eigenvalue weighted by Gasteiger charge is -2.36. The number of carbonyl (C=O) groups is 1. The minimum absolute atomic E-state index is 0.0722. The first-order valence-electron chi connectivity index (χ1n) is 9.17. The van der Waals surface area contributed by atoms with E-state index in [-0.39, 0.29) is 43.3 Å². The van der Waals surface area contributed by atoms with Crippen molar-refractivity contribution in [2.75, 3.05) is 24.5 Å². The van der Waals surface area contributed by atoms with Crippen molar-refractivity contribution < 1.29 is 22.7 Å². The Morgan fingerprint density at radius 2 is 2.07 bits per heavy atom. The largest absolute Gasteiger partial charge is 0.491 e. The maximum Gasteiger partial charge on any atom is 0.491 e. The van der Waals surface area contributed by atoms with E-state index in [1.165, 1.54) is 27.2 Å². The number of hydrogen-bond donors (Lipinski definition) is 1. The van der Waals surface area contributed by atoms with Crippen LogP contribution in [0.2, 0.25) is 0 Å². The zero-order chi connectivity index (χ0) is 22.2. The van der Waals surface area contributed by atoms with Crippen LogP contribution in [0.1, 0.15) is 6.92 Å². The number of alkyl halides is 3. The van der Waals surface area contributed by atoms with Crippen LogP contribution >= 0.6 is 0 Å². The first-order valence-corrected chi connectivity index (χ1v) is 9.17. The normalized spacial score (nSPS) is 17.4. The molecule has 13 heteroatoms. The molecular weight excluding hydrogens is 409 g/mol. The highest BCUT2D eigenvalue weighted by molar-refractivity contribution is 5.77. The van der Waals surface area contributed by atoms with E-state index in [9.17, 15) is 27.6 Å². The number of nitrogens with zero attached hydrogens (tertiary/aromatic N) is 5. The molecule has 2 aromatic heterocycles. The third-order valence-corrected chi connectivity index (χ3v) is 4.77. The number of fused-ring (bicyclic) bond motifs is 1. The van der Waals surface area contributed by atoms with Gasteiger partial charge in [0.15, 0.2) is 17.4 Å². The average molecular weight is 430 g/mol. The van der Waals surface area contributed by atoms with Gasteiger partial charge in [-0.15, -0.1) is 6.58 Å². The molecule has 3 rings (SSSR count). The van der Waals surface area contributed by atoms with Gasteiger partial charge in [-0.05, 0) is 6.92 Å². The van der Waals surface area contributed by atoms with Crippen LogP contribution in [0.15, 0.2) is 22.2 Å². The highest BCUT2D eigenvalue weighted by Crippen LogP contribution is 2.25. The molecular formula is C17H21F3N6O4. The number of nitrogens with one attached hydrogen (secondary N) is 1. The summed E-state index contributed by atoms with van der Waals surface area (Å²) in [6.07, 6.45) is -4.97. The Morgan fingerprint density at radius 1 is 1.37 bits per heavy atom. The van der Waals surface area contributed by atoms with Crippen LogP contribution in [0.5, 0.6) is 0 Å². The Balaban J connectivity index is 2.19. The van der Waals surface area contributed by atoms with Gasteiger partial charge in [0.1, 0.15) is 0 Å². The number of rotatable bonds is 5. The molecule has 0 aromatic carbocycles. The van der Waals surface area contributed by atoms with Crippen molar-refractivity contribution >= 4 is 23.1 Å². The van der Waals surface area contributed by atoms with Crippen molar-refractivity contribution in [2.24, 2.45) is 7.05 Å². The molecule has 10 nitrogen and oxygen atoms in total. The lowest BCUT2D eigenvalue weighted by Crippen LogP contribution is -2.55. The minimum Gasteiger partial charge on any atom is -0.433 e. The lowest BCUT2D eigenvalue weighted by molar-refractivity contribution is -0.205. The van der Waals surface area contributed by atoms with E-state index < -0.39 is 29.6 Å². The summed E-state index contributed by atoms with van der Waals surface area (Å²) in [6, 6.07) is 0. The summed E-state index contributed by atoms with van der Waals surface area (Å²) < 4.78 is 46.4. The number of hydrogen-bond acceptors (Lipinski definition) is 7. The van der Waals surface area contributed by atoms with Crippen molar-refractivity contribution in [1.29, 1.82) is 0 Å². The zero-order valence-electron chi connectivity index (χ0n) is 16.4. The second kappa shape index (κ2) is 7.97. The number of carbonyl (C=O) groups excluding carboxylic acids is 1. The maximum absolute atomic E-state index is 12.9. The van der Waals surface area contributed by atoms with Crippen molar-refractivity contribution in [3.05, 3.63) is 33.5 Å². The van der Waals surface area contributed by atoms with E-state index in [1.807, 2.05) is 0 Å². The summed E-state index contributed by atoms with van der Waals surface area (Å²) in [5, 5.41) is 2.86. The maximum atomic E-state index is 12.9. The molecule has 0 radical (unpaired) electrons. The Labute approximate surface area is 168 Å². The number of anilines is 1. The summed E-state index contributed by atoms with van der Waals surface area (Å²) >= 11 is 0. The van der Waals surface area contributed by atoms with Gasteiger partial charge < -0.3 is 19.5 Å². The topological polar surface area (TPSA) is 103 Å². The van der Waals surface area contributed by atoms with Gasteiger partial charge in [0.25, 0.3) is 5.56 Å². The SMILES string of the molecule is C=CCn1c(N2CCNCC2OC(=O)C(F)(F)F)nc2c1c(=O)n(CC)c(=O)n2C. The van der Waals surface area contributed by atoms with Crippen molar-refractivity contribution in [1.82, 2.24) is 24.0 Å². The second-order valence-corrected chi connectivity index (χ2v) is 6.63. The van der Waals surface area contributed by atoms with Crippen molar-refractivity contribution in [3.63, 3.8) is 0 Å². The number of aromatic nitrogens is 4. The molecule has 2 aromatic rings. The van der Waals surface area contributed by atoms with Crippen LogP contribution in [-0.2, 0) is 29.7 Å². The predicted octanol–water partition coefficient (Wildman–Crippen LogP) is -0.0562. The summed E-state index contributed by atoms with van der Waals surface area (Å²) in [5.74, 6) is -2.22. The number of aryl methyl sites for hydroxylation is 1. The molecule has 1 unspecified atom stereocenters. The summed E-state index contributed by atoms with van der Waals surface area (Å²) in [4.78, 5) is 42.5. The fourth-order valence-electron chi connectivity index (χ4n) is 3.36. The highest BCUT2D eigenvalue weighted by Gasteiger charge is 2.44. The van der Waals surface area contributed by atoms with Crippen LogP contribution in [0, 0.1) is 0 Å². The third-order valence-electron chi connectivity index (χ3n) is 4.77. The second-order valence-electron chi connectivity index (χ2n) is 6.63. The Bertz CT molecular complexity index is 1100. The molecule has 0 aliphatic carbocycles. The van der Waals surface area contributed by atoms with E-state index in [2.05, 4.69) is 21.6 Å². The molecule has 1 atom stereocenters. The molecule has 1 aliphatic rings. The standard InChI is InChI=1S/C17H21F3N6O4/c1-4-7-26-11-12(23(3)16(29)24(5-2)13(11)27)22-15(26)25-8-6-21-9-10(25)30-14(28)17(18,19)20/h4,10,21H,1,5-9H2,2-3H3. The van der Waals surface area contributed by atoms with Gasteiger partial charge in [-0.3, -0.25) is 13.9 Å². The molecule has 3 heterocycles. The van der Waals surface area contributed by atoms with Gasteiger partial charge in [0, 0.05) is 33.2 Å². The number of halogens is 3. The Hall–Kier alpha value is -3.09. The average Bonchev–Trinajstić information content (AvgIpc) is 3.06. The summed E-state index contributed by atoms with van der Waals surface area (Å²) in [5.41, 5.74) is -0.959. The summed E-state index contributed by atoms with van der Waals surface area (Å²) in [6.45, 7) is 6.00. The lowest BCUT2D eigenvalue weighted by atomic mass is 10.3. The zero-order valence-corrected chi connectivity index (χ0v) is 16.4. The number of ether oxygens (including phenoxy) is 1. The van der Waals surface area contributed by atoms with Gasteiger partial charge in [-0.2, -0.15) is 18.2 Å². The fourth-order valence-corrected chi connectivity index (χ4v) is 3.36. The molecule has 0 saturated carbocycles. The Morgan fingerprint density at radius 3 is 2.67 bits per heavy atom. The molecule has 0 amide bonds. The molecule has 30 heavy (non-hydrogen) atoms. The van der Waals surface area contributed by atoms with Crippen molar-refractivity contribution in [3.8, 4) is 0 Å². The van der Waals surface area contributed by atoms with Crippen LogP contribution < -0.4 is 21.5 Å². The van der Waals surface area contributed by atoms with Gasteiger partial charge in [-0.25, -0.2) is 9.59 Å². The van der Waals surface area contributed by atoms with Gasteiger partial charge in [0.2, 0.25) is 5.95 Å². The minimum atomic E-state index is -5.15. The van der Waals surface area contributed by atoms with E-state index in [0.717, 1.165) is 4.57 Å². The van der Waals surface area contributed by atoms with Gasteiger partial charge >= 0.3 is 17.8 Å². The van der Waals surface area contributed by atoms with E-state index >= 15 is 0 Å². The quantitative estimate of drug-likeness (QED) is 0.524. The molecule has 1 saturated heterocycles. The monoisotopic (exact) mass is 430 g/mol. The highest BCUT2D eigenvalue weighted by atomic mass is 19.4. The first-order chi connectivity index (χ1) is 14.1. The molecule has 0 spiro atoms. The number of piperazine rings is 1. The van der Waals surface area contributed by atoms with Crippen LogP contribution in [0.25, 0.3) is 11.2 Å². The molecule has 1 N–H and O–H groups in total.